The van der Waals surface area contributed by atoms with E-state index in [0.29, 0.717) is 13.2 Å². The van der Waals surface area contributed by atoms with Crippen LogP contribution >= 0.6 is 0 Å². The lowest BCUT2D eigenvalue weighted by Gasteiger charge is -2.29. The van der Waals surface area contributed by atoms with Gasteiger partial charge in [0, 0.05) is 31.0 Å². The maximum Gasteiger partial charge on any atom is 0.410 e. The number of anilines is 2. The highest BCUT2D eigenvalue weighted by atomic mass is 16.6. The van der Waals surface area contributed by atoms with Crippen LogP contribution in [0.1, 0.15) is 25.7 Å². The molecule has 0 spiro atoms. The average molecular weight is 317 g/mol. The first-order chi connectivity index (χ1) is 11.2. The van der Waals surface area contributed by atoms with Gasteiger partial charge >= 0.3 is 6.09 Å². The molecule has 6 heteroatoms. The molecule has 2 amide bonds. The smallest absolute Gasteiger partial charge is 0.410 e. The van der Waals surface area contributed by atoms with Crippen LogP contribution in [0.2, 0.25) is 0 Å². The van der Waals surface area contributed by atoms with Crippen LogP contribution in [0.15, 0.2) is 24.3 Å². The molecule has 0 bridgehead atoms. The van der Waals surface area contributed by atoms with Crippen molar-refractivity contribution in [3.63, 3.8) is 0 Å². The van der Waals surface area contributed by atoms with Crippen molar-refractivity contribution in [2.45, 2.75) is 25.7 Å². The predicted molar refractivity (Wildman–Crippen MR) is 88.7 cm³/mol. The van der Waals surface area contributed by atoms with E-state index in [4.69, 9.17) is 4.74 Å². The van der Waals surface area contributed by atoms with E-state index < -0.39 is 6.09 Å². The van der Waals surface area contributed by atoms with Crippen molar-refractivity contribution in [3.05, 3.63) is 24.3 Å². The van der Waals surface area contributed by atoms with Crippen LogP contribution < -0.4 is 10.2 Å². The van der Waals surface area contributed by atoms with Crippen molar-refractivity contribution < 1.29 is 14.3 Å². The van der Waals surface area contributed by atoms with E-state index in [1.54, 1.807) is 0 Å². The van der Waals surface area contributed by atoms with E-state index in [1.807, 2.05) is 24.3 Å². The van der Waals surface area contributed by atoms with Gasteiger partial charge in [-0.1, -0.05) is 0 Å². The number of hydrogen-bond donors (Lipinski definition) is 1. The Morgan fingerprint density at radius 1 is 1.04 bits per heavy atom. The predicted octanol–water partition coefficient (Wildman–Crippen LogP) is 2.46. The Labute approximate surface area is 136 Å². The van der Waals surface area contributed by atoms with Gasteiger partial charge in [0.25, 0.3) is 0 Å². The van der Waals surface area contributed by atoms with Crippen LogP contribution in [0.3, 0.4) is 0 Å². The SMILES string of the molecule is O=C(CN1CCCOC1=O)Nc1ccc(N2CCCCC2)cc1. The quantitative estimate of drug-likeness (QED) is 0.926. The minimum atomic E-state index is -0.410. The Morgan fingerprint density at radius 2 is 1.78 bits per heavy atom. The molecule has 2 fully saturated rings. The van der Waals surface area contributed by atoms with Gasteiger partial charge in [0.1, 0.15) is 6.54 Å². The average Bonchev–Trinajstić information content (AvgIpc) is 2.58. The highest BCUT2D eigenvalue weighted by molar-refractivity contribution is 5.94. The molecule has 0 unspecified atom stereocenters. The second-order valence-electron chi connectivity index (χ2n) is 6.03. The zero-order valence-electron chi connectivity index (χ0n) is 13.3. The zero-order chi connectivity index (χ0) is 16.1. The van der Waals surface area contributed by atoms with Crippen LogP contribution in [-0.4, -0.2) is 49.7 Å². The maximum atomic E-state index is 12.0. The number of benzene rings is 1. The van der Waals surface area contributed by atoms with E-state index in [9.17, 15) is 9.59 Å². The van der Waals surface area contributed by atoms with E-state index in [2.05, 4.69) is 10.2 Å². The molecule has 23 heavy (non-hydrogen) atoms. The first-order valence-electron chi connectivity index (χ1n) is 8.29. The summed E-state index contributed by atoms with van der Waals surface area (Å²) in [6.07, 6.45) is 4.15. The number of piperidine rings is 1. The molecule has 2 saturated heterocycles. The molecule has 6 nitrogen and oxygen atoms in total. The second kappa shape index (κ2) is 7.35. The van der Waals surface area contributed by atoms with Crippen molar-refractivity contribution in [3.8, 4) is 0 Å². The molecule has 3 rings (SSSR count). The second-order valence-corrected chi connectivity index (χ2v) is 6.03. The van der Waals surface area contributed by atoms with Crippen molar-refractivity contribution in [1.29, 1.82) is 0 Å². The van der Waals surface area contributed by atoms with Gasteiger partial charge in [-0.25, -0.2) is 4.79 Å². The Hall–Kier alpha value is -2.24. The number of amides is 2. The molecule has 0 aliphatic carbocycles. The van der Waals surface area contributed by atoms with Gasteiger partial charge in [0.2, 0.25) is 5.91 Å². The summed E-state index contributed by atoms with van der Waals surface area (Å²) in [6, 6.07) is 7.90. The highest BCUT2D eigenvalue weighted by Crippen LogP contribution is 2.21. The molecule has 0 aromatic heterocycles. The lowest BCUT2D eigenvalue weighted by Crippen LogP contribution is -2.42. The minimum Gasteiger partial charge on any atom is -0.449 e. The fourth-order valence-electron chi connectivity index (χ4n) is 3.02. The number of hydrogen-bond acceptors (Lipinski definition) is 4. The molecule has 2 heterocycles. The van der Waals surface area contributed by atoms with E-state index >= 15 is 0 Å². The van der Waals surface area contributed by atoms with E-state index in [1.165, 1.54) is 29.8 Å². The summed E-state index contributed by atoms with van der Waals surface area (Å²) < 4.78 is 4.93. The normalized spacial score (nSPS) is 18.5. The molecular weight excluding hydrogens is 294 g/mol. The summed E-state index contributed by atoms with van der Waals surface area (Å²) in [5.74, 6) is -0.199. The van der Waals surface area contributed by atoms with Crippen LogP contribution in [-0.2, 0) is 9.53 Å². The number of nitrogens with one attached hydrogen (secondary N) is 1. The lowest BCUT2D eigenvalue weighted by atomic mass is 10.1. The number of carbonyl (C=O) groups excluding carboxylic acids is 2. The fraction of sp³-hybridized carbons (Fsp3) is 0.529. The Bertz CT molecular complexity index is 553. The molecule has 1 aromatic carbocycles. The topological polar surface area (TPSA) is 61.9 Å². The summed E-state index contributed by atoms with van der Waals surface area (Å²) in [5, 5.41) is 2.83. The number of cyclic esters (lactones) is 1. The van der Waals surface area contributed by atoms with Crippen LogP contribution in [0.5, 0.6) is 0 Å². The van der Waals surface area contributed by atoms with Crippen LogP contribution in [0, 0.1) is 0 Å². The molecule has 2 aliphatic rings. The molecule has 0 radical (unpaired) electrons. The van der Waals surface area contributed by atoms with Gasteiger partial charge in [0.15, 0.2) is 0 Å². The molecule has 1 N–H and O–H groups in total. The summed E-state index contributed by atoms with van der Waals surface area (Å²) in [7, 11) is 0. The monoisotopic (exact) mass is 317 g/mol. The standard InChI is InChI=1S/C17H23N3O3/c21-16(13-20-11-4-12-23-17(20)22)18-14-5-7-15(8-6-14)19-9-2-1-3-10-19/h5-8H,1-4,9-13H2,(H,18,21). The zero-order valence-corrected chi connectivity index (χ0v) is 13.3. The first kappa shape index (κ1) is 15.6. The van der Waals surface area contributed by atoms with Crippen molar-refractivity contribution in [2.75, 3.05) is 43.0 Å². The van der Waals surface area contributed by atoms with Gasteiger partial charge < -0.3 is 15.0 Å². The molecule has 0 saturated carbocycles. The molecule has 2 aliphatic heterocycles. The molecule has 1 aromatic rings. The minimum absolute atomic E-state index is 0.0344. The van der Waals surface area contributed by atoms with Gasteiger partial charge in [-0.2, -0.15) is 0 Å². The van der Waals surface area contributed by atoms with Crippen molar-refractivity contribution >= 4 is 23.4 Å². The molecular formula is C17H23N3O3. The Kier molecular flexibility index (Phi) is 5.00. The summed E-state index contributed by atoms with van der Waals surface area (Å²) >= 11 is 0. The molecule has 124 valence electrons. The number of nitrogens with zero attached hydrogens (tertiary/aromatic N) is 2. The van der Waals surface area contributed by atoms with Gasteiger partial charge in [-0.15, -0.1) is 0 Å². The first-order valence-corrected chi connectivity index (χ1v) is 8.29. The fourth-order valence-corrected chi connectivity index (χ4v) is 3.02. The Balaban J connectivity index is 1.53. The number of ether oxygens (including phenoxy) is 1. The van der Waals surface area contributed by atoms with Gasteiger partial charge in [-0.3, -0.25) is 9.69 Å². The van der Waals surface area contributed by atoms with E-state index in [0.717, 1.165) is 25.2 Å². The largest absolute Gasteiger partial charge is 0.449 e. The van der Waals surface area contributed by atoms with Gasteiger partial charge in [0.05, 0.1) is 6.61 Å². The van der Waals surface area contributed by atoms with Crippen LogP contribution in [0.25, 0.3) is 0 Å². The summed E-state index contributed by atoms with van der Waals surface area (Å²) in [4.78, 5) is 27.4. The van der Waals surface area contributed by atoms with Crippen molar-refractivity contribution in [1.82, 2.24) is 4.90 Å². The molecule has 0 atom stereocenters. The third-order valence-electron chi connectivity index (χ3n) is 4.26. The Morgan fingerprint density at radius 3 is 2.48 bits per heavy atom. The highest BCUT2D eigenvalue weighted by Gasteiger charge is 2.22. The van der Waals surface area contributed by atoms with Gasteiger partial charge in [-0.05, 0) is 49.9 Å². The van der Waals surface area contributed by atoms with E-state index in [-0.39, 0.29) is 12.5 Å². The third-order valence-corrected chi connectivity index (χ3v) is 4.26. The number of carbonyl (C=O) groups is 2. The summed E-state index contributed by atoms with van der Waals surface area (Å²) in [5.41, 5.74) is 1.95. The third kappa shape index (κ3) is 4.15. The lowest BCUT2D eigenvalue weighted by molar-refractivity contribution is -0.117. The van der Waals surface area contributed by atoms with Crippen molar-refractivity contribution in [2.24, 2.45) is 0 Å². The van der Waals surface area contributed by atoms with Crippen LogP contribution in [0.4, 0.5) is 16.2 Å². The maximum absolute atomic E-state index is 12.0. The number of rotatable bonds is 4. The summed E-state index contributed by atoms with van der Waals surface area (Å²) in [6.45, 7) is 3.24.